The van der Waals surface area contributed by atoms with E-state index in [4.69, 9.17) is 16.5 Å². The monoisotopic (exact) mass is 206 g/mol. The van der Waals surface area contributed by atoms with Crippen molar-refractivity contribution in [1.82, 2.24) is 0 Å². The van der Waals surface area contributed by atoms with Gasteiger partial charge in [0.05, 0.1) is 5.88 Å². The van der Waals surface area contributed by atoms with Crippen LogP contribution in [0, 0.1) is 0 Å². The summed E-state index contributed by atoms with van der Waals surface area (Å²) in [5.41, 5.74) is 0. The molecule has 0 aromatic rings. The second-order valence-electron chi connectivity index (χ2n) is 1.62. The molecule has 0 aromatic carbocycles. The summed E-state index contributed by atoms with van der Waals surface area (Å²) in [6, 6.07) is 0. The van der Waals surface area contributed by atoms with Crippen molar-refractivity contribution in [1.29, 1.82) is 0 Å². The van der Waals surface area contributed by atoms with Crippen molar-refractivity contribution in [2.75, 3.05) is 12.0 Å². The Morgan fingerprint density at radius 3 is 2.70 bits per heavy atom. The minimum Gasteiger partial charge on any atom is -0.345 e. The first-order valence-electron chi connectivity index (χ1n) is 2.72. The van der Waals surface area contributed by atoms with E-state index in [0.717, 1.165) is 0 Å². The topological polar surface area (TPSA) is 29.5 Å². The summed E-state index contributed by atoms with van der Waals surface area (Å²) in [4.78, 5) is 9.03. The highest BCUT2D eigenvalue weighted by Gasteiger charge is 2.16. The van der Waals surface area contributed by atoms with Gasteiger partial charge < -0.3 is 4.89 Å². The lowest BCUT2D eigenvalue weighted by molar-refractivity contribution is 0.0904. The van der Waals surface area contributed by atoms with Gasteiger partial charge in [-0.25, -0.2) is 4.39 Å². The van der Waals surface area contributed by atoms with Gasteiger partial charge in [-0.2, -0.15) is 0 Å². The van der Waals surface area contributed by atoms with Crippen LogP contribution in [0.1, 0.15) is 6.92 Å². The summed E-state index contributed by atoms with van der Waals surface area (Å²) in [6.45, 7) is -1.23. The van der Waals surface area contributed by atoms with Crippen molar-refractivity contribution < 1.29 is 13.8 Å². The van der Waals surface area contributed by atoms with Crippen LogP contribution in [-0.2, 0) is 16.3 Å². The maximum absolute atomic E-state index is 12.3. The first-order chi connectivity index (χ1) is 4.52. The van der Waals surface area contributed by atoms with E-state index in [0.29, 0.717) is 0 Å². The van der Waals surface area contributed by atoms with E-state index in [9.17, 15) is 4.39 Å². The van der Waals surface area contributed by atoms with E-state index in [1.165, 1.54) is 0 Å². The molecule has 6 heteroatoms. The Hall–Kier alpha value is 0.790. The fourth-order valence-electron chi connectivity index (χ4n) is 0.281. The Bertz CT molecular complexity index is 145. The van der Waals surface area contributed by atoms with Crippen molar-refractivity contribution in [3.63, 3.8) is 0 Å². The number of hydrogen-bond donors (Lipinski definition) is 1. The summed E-state index contributed by atoms with van der Waals surface area (Å²) in [5.74, 6) is -0.293. The number of rotatable bonds is 4. The Kier molecular flexibility index (Phi) is 4.99. The Morgan fingerprint density at radius 2 is 2.40 bits per heavy atom. The molecule has 0 spiro atoms. The maximum Gasteiger partial charge on any atom is 0.218 e. The van der Waals surface area contributed by atoms with Gasteiger partial charge in [0, 0.05) is 6.16 Å². The molecule has 0 rings (SSSR count). The van der Waals surface area contributed by atoms with Gasteiger partial charge in [0.25, 0.3) is 0 Å². The van der Waals surface area contributed by atoms with Crippen LogP contribution < -0.4 is 0 Å². The second-order valence-corrected chi connectivity index (χ2v) is 5.76. The molecule has 0 radical (unpaired) electrons. The molecular formula is C4H9ClFO2PS. The lowest BCUT2D eigenvalue weighted by atomic mass is 10.8. The summed E-state index contributed by atoms with van der Waals surface area (Å²) in [6.07, 6.45) is -1.38. The molecule has 0 aromatic heterocycles. The van der Waals surface area contributed by atoms with E-state index < -0.39 is 12.8 Å². The third-order valence-electron chi connectivity index (χ3n) is 0.800. The Balaban J connectivity index is 3.77. The van der Waals surface area contributed by atoms with E-state index in [2.05, 4.69) is 16.3 Å². The molecule has 0 heterocycles. The van der Waals surface area contributed by atoms with Gasteiger partial charge in [-0.15, -0.1) is 11.6 Å². The zero-order chi connectivity index (χ0) is 8.20. The van der Waals surface area contributed by atoms with Crippen molar-refractivity contribution in [2.45, 2.75) is 13.3 Å². The van der Waals surface area contributed by atoms with Gasteiger partial charge in [-0.1, -0.05) is 6.92 Å². The highest BCUT2D eigenvalue weighted by Crippen LogP contribution is 2.43. The average molecular weight is 207 g/mol. The van der Waals surface area contributed by atoms with E-state index >= 15 is 0 Å². The predicted molar refractivity (Wildman–Crippen MR) is 43.7 cm³/mol. The zero-order valence-electron chi connectivity index (χ0n) is 5.46. The third-order valence-corrected chi connectivity index (χ3v) is 3.43. The van der Waals surface area contributed by atoms with Crippen LogP contribution in [0.3, 0.4) is 0 Å². The zero-order valence-corrected chi connectivity index (χ0v) is 7.93. The summed E-state index contributed by atoms with van der Waals surface area (Å²) in [5, 5.41) is 0. The van der Waals surface area contributed by atoms with Crippen LogP contribution in [0.15, 0.2) is 0 Å². The molecular weight excluding hydrogens is 198 g/mol. The standard InChI is InChI=1S/C4H9ClFO2PS/c1-2-9(7,10)8-4(6)3-5/h4H,2-3H2,1H3,(H,7,10). The lowest BCUT2D eigenvalue weighted by Crippen LogP contribution is -2.06. The minimum atomic E-state index is -2.87. The second kappa shape index (κ2) is 4.62. The number of hydrogen-bond acceptors (Lipinski definition) is 2. The molecule has 0 amide bonds. The molecule has 0 bridgehead atoms. The normalized spacial score (nSPS) is 20.0. The predicted octanol–water partition coefficient (Wildman–Crippen LogP) is 1.86. The van der Waals surface area contributed by atoms with Crippen molar-refractivity contribution in [3.05, 3.63) is 0 Å². The molecule has 2 nitrogen and oxygen atoms in total. The molecule has 1 N–H and O–H groups in total. The van der Waals surface area contributed by atoms with Gasteiger partial charge >= 0.3 is 0 Å². The van der Waals surface area contributed by atoms with E-state index in [1.807, 2.05) is 0 Å². The van der Waals surface area contributed by atoms with Crippen LogP contribution in [-0.4, -0.2) is 23.3 Å². The van der Waals surface area contributed by atoms with Gasteiger partial charge in [0.1, 0.15) is 0 Å². The summed E-state index contributed by atoms with van der Waals surface area (Å²) < 4.78 is 16.7. The molecule has 2 unspecified atom stereocenters. The van der Waals surface area contributed by atoms with Crippen molar-refractivity contribution in [3.8, 4) is 0 Å². The lowest BCUT2D eigenvalue weighted by Gasteiger charge is -2.14. The SMILES string of the molecule is CCP(O)(=S)OC(F)CCl. The smallest absolute Gasteiger partial charge is 0.218 e. The van der Waals surface area contributed by atoms with Crippen LogP contribution in [0.5, 0.6) is 0 Å². The van der Waals surface area contributed by atoms with Gasteiger partial charge in [0.15, 0.2) is 6.49 Å². The fraction of sp³-hybridized carbons (Fsp3) is 1.00. The first-order valence-corrected chi connectivity index (χ1v) is 6.11. The van der Waals surface area contributed by atoms with Crippen molar-refractivity contribution >= 4 is 29.9 Å². The number of halogens is 2. The van der Waals surface area contributed by atoms with Crippen LogP contribution in [0.4, 0.5) is 4.39 Å². The van der Waals surface area contributed by atoms with Crippen LogP contribution >= 0.6 is 18.1 Å². The van der Waals surface area contributed by atoms with Gasteiger partial charge in [0.2, 0.25) is 6.36 Å². The van der Waals surface area contributed by atoms with E-state index in [-0.39, 0.29) is 12.0 Å². The molecule has 62 valence electrons. The fourth-order valence-corrected chi connectivity index (χ4v) is 1.29. The molecule has 0 saturated carbocycles. The molecule has 0 fully saturated rings. The highest BCUT2D eigenvalue weighted by atomic mass is 35.5. The van der Waals surface area contributed by atoms with Crippen molar-refractivity contribution in [2.24, 2.45) is 0 Å². The molecule has 0 aliphatic rings. The van der Waals surface area contributed by atoms with E-state index in [1.54, 1.807) is 6.92 Å². The maximum atomic E-state index is 12.3. The Labute approximate surface area is 69.5 Å². The molecule has 0 saturated heterocycles. The molecule has 2 atom stereocenters. The average Bonchev–Trinajstić information content (AvgIpc) is 1.87. The minimum absolute atomic E-state index is 0.264. The third kappa shape index (κ3) is 4.58. The van der Waals surface area contributed by atoms with Gasteiger partial charge in [-0.3, -0.25) is 4.52 Å². The molecule has 0 aliphatic heterocycles. The molecule has 0 aliphatic carbocycles. The number of alkyl halides is 2. The summed E-state index contributed by atoms with van der Waals surface area (Å²) >= 11 is 9.61. The van der Waals surface area contributed by atoms with Crippen LogP contribution in [0.25, 0.3) is 0 Å². The first kappa shape index (κ1) is 10.8. The summed E-state index contributed by atoms with van der Waals surface area (Å²) in [7, 11) is 0. The largest absolute Gasteiger partial charge is 0.345 e. The Morgan fingerprint density at radius 1 is 1.90 bits per heavy atom. The highest BCUT2D eigenvalue weighted by molar-refractivity contribution is 8.09. The quantitative estimate of drug-likeness (QED) is 0.563. The molecule has 10 heavy (non-hydrogen) atoms. The van der Waals surface area contributed by atoms with Crippen LogP contribution in [0.2, 0.25) is 0 Å². The van der Waals surface area contributed by atoms with Gasteiger partial charge in [-0.05, 0) is 11.8 Å².